The lowest BCUT2D eigenvalue weighted by molar-refractivity contribution is -0.388. The molecule has 0 fully saturated rings. The van der Waals surface area contributed by atoms with Crippen LogP contribution in [-0.4, -0.2) is 31.9 Å². The van der Waals surface area contributed by atoms with Crippen molar-refractivity contribution in [2.24, 2.45) is 0 Å². The molecule has 0 bridgehead atoms. The van der Waals surface area contributed by atoms with Gasteiger partial charge in [0.25, 0.3) is 0 Å². The first-order valence-electron chi connectivity index (χ1n) is 5.26. The fourth-order valence-corrected chi connectivity index (χ4v) is 1.95. The van der Waals surface area contributed by atoms with Crippen molar-refractivity contribution in [3.05, 3.63) is 34.3 Å². The molecular weight excluding hydrogens is 268 g/mol. The van der Waals surface area contributed by atoms with Gasteiger partial charge in [0, 0.05) is 19.4 Å². The predicted molar refractivity (Wildman–Crippen MR) is 69.1 cm³/mol. The molecular formula is C10H10N6O2S. The van der Waals surface area contributed by atoms with Gasteiger partial charge in [-0.25, -0.2) is 15.0 Å². The van der Waals surface area contributed by atoms with E-state index in [1.807, 2.05) is 6.92 Å². The Morgan fingerprint density at radius 2 is 1.95 bits per heavy atom. The first-order chi connectivity index (χ1) is 9.10. The lowest BCUT2D eigenvalue weighted by Crippen LogP contribution is -2.01. The van der Waals surface area contributed by atoms with Crippen LogP contribution < -0.4 is 5.32 Å². The standard InChI is InChI=1S/C10H10N6O2S/c1-6-3-13-10(14-4-6)19-8-7(16(17)18)5-12-9(11-2)15-8/h3-5H,1-2H3,(H,11,12,15). The number of nitrogens with one attached hydrogen (secondary N) is 1. The van der Waals surface area contributed by atoms with E-state index in [2.05, 4.69) is 25.3 Å². The number of nitro groups is 1. The van der Waals surface area contributed by atoms with E-state index in [1.165, 1.54) is 0 Å². The zero-order chi connectivity index (χ0) is 13.8. The topological polar surface area (TPSA) is 107 Å². The molecule has 2 aromatic heterocycles. The van der Waals surface area contributed by atoms with Crippen molar-refractivity contribution in [2.75, 3.05) is 12.4 Å². The Balaban J connectivity index is 2.36. The van der Waals surface area contributed by atoms with Crippen LogP contribution in [0, 0.1) is 17.0 Å². The van der Waals surface area contributed by atoms with Crippen LogP contribution in [0.25, 0.3) is 0 Å². The Hall–Kier alpha value is -2.29. The number of aryl methyl sites for hydroxylation is 1. The summed E-state index contributed by atoms with van der Waals surface area (Å²) in [5, 5.41) is 14.2. The van der Waals surface area contributed by atoms with Crippen LogP contribution in [0.15, 0.2) is 28.8 Å². The summed E-state index contributed by atoms with van der Waals surface area (Å²) in [5.41, 5.74) is 0.741. The van der Waals surface area contributed by atoms with Gasteiger partial charge in [0.1, 0.15) is 6.20 Å². The second kappa shape index (κ2) is 5.57. The fourth-order valence-electron chi connectivity index (χ4n) is 1.20. The average molecular weight is 278 g/mol. The van der Waals surface area contributed by atoms with E-state index in [0.717, 1.165) is 23.5 Å². The van der Waals surface area contributed by atoms with Gasteiger partial charge < -0.3 is 5.32 Å². The molecule has 0 radical (unpaired) electrons. The van der Waals surface area contributed by atoms with Gasteiger partial charge in [0.05, 0.1) is 4.92 Å². The minimum absolute atomic E-state index is 0.173. The fraction of sp³-hybridized carbons (Fsp3) is 0.200. The molecule has 0 spiro atoms. The van der Waals surface area contributed by atoms with Crippen molar-refractivity contribution in [1.29, 1.82) is 0 Å². The summed E-state index contributed by atoms with van der Waals surface area (Å²) in [6, 6.07) is 0. The number of nitrogens with zero attached hydrogens (tertiary/aromatic N) is 5. The van der Waals surface area contributed by atoms with Gasteiger partial charge in [-0.2, -0.15) is 4.98 Å². The van der Waals surface area contributed by atoms with E-state index in [-0.39, 0.29) is 10.7 Å². The van der Waals surface area contributed by atoms with Crippen molar-refractivity contribution in [1.82, 2.24) is 19.9 Å². The molecule has 0 saturated carbocycles. The van der Waals surface area contributed by atoms with Crippen molar-refractivity contribution in [3.63, 3.8) is 0 Å². The molecule has 0 atom stereocenters. The minimum atomic E-state index is -0.532. The summed E-state index contributed by atoms with van der Waals surface area (Å²) in [6.45, 7) is 1.86. The minimum Gasteiger partial charge on any atom is -0.357 e. The first kappa shape index (κ1) is 13.1. The Bertz CT molecular complexity index is 603. The van der Waals surface area contributed by atoms with Crippen LogP contribution in [0.2, 0.25) is 0 Å². The molecule has 8 nitrogen and oxygen atoms in total. The number of rotatable bonds is 4. The third-order valence-corrected chi connectivity index (χ3v) is 2.99. The molecule has 1 N–H and O–H groups in total. The summed E-state index contributed by atoms with van der Waals surface area (Å²) < 4.78 is 0. The smallest absolute Gasteiger partial charge is 0.320 e. The van der Waals surface area contributed by atoms with Crippen LogP contribution in [0.5, 0.6) is 0 Å². The molecule has 2 rings (SSSR count). The lowest BCUT2D eigenvalue weighted by atomic mass is 10.4. The van der Waals surface area contributed by atoms with E-state index >= 15 is 0 Å². The van der Waals surface area contributed by atoms with Gasteiger partial charge in [-0.15, -0.1) is 0 Å². The second-order valence-electron chi connectivity index (χ2n) is 3.54. The molecule has 0 unspecified atom stereocenters. The van der Waals surface area contributed by atoms with Crippen molar-refractivity contribution in [2.45, 2.75) is 17.1 Å². The molecule has 2 aromatic rings. The van der Waals surface area contributed by atoms with Crippen LogP contribution in [0.4, 0.5) is 11.6 Å². The molecule has 98 valence electrons. The Morgan fingerprint density at radius 1 is 1.26 bits per heavy atom. The van der Waals surface area contributed by atoms with E-state index in [0.29, 0.717) is 11.1 Å². The molecule has 9 heteroatoms. The highest BCUT2D eigenvalue weighted by molar-refractivity contribution is 7.99. The average Bonchev–Trinajstić information content (AvgIpc) is 2.41. The summed E-state index contributed by atoms with van der Waals surface area (Å²) in [4.78, 5) is 26.4. The van der Waals surface area contributed by atoms with E-state index < -0.39 is 4.92 Å². The summed E-state index contributed by atoms with van der Waals surface area (Å²) in [7, 11) is 1.64. The van der Waals surface area contributed by atoms with Crippen molar-refractivity contribution < 1.29 is 4.92 Å². The third kappa shape index (κ3) is 3.13. The molecule has 19 heavy (non-hydrogen) atoms. The van der Waals surface area contributed by atoms with E-state index in [9.17, 15) is 10.1 Å². The monoisotopic (exact) mass is 278 g/mol. The first-order valence-corrected chi connectivity index (χ1v) is 6.07. The number of aromatic nitrogens is 4. The number of hydrogen-bond acceptors (Lipinski definition) is 8. The maximum absolute atomic E-state index is 10.9. The summed E-state index contributed by atoms with van der Waals surface area (Å²) >= 11 is 1.03. The Labute approximate surface area is 112 Å². The summed E-state index contributed by atoms with van der Waals surface area (Å²) in [6.07, 6.45) is 4.44. The molecule has 0 aliphatic carbocycles. The Kier molecular flexibility index (Phi) is 3.85. The van der Waals surface area contributed by atoms with Gasteiger partial charge in [0.2, 0.25) is 5.95 Å². The zero-order valence-electron chi connectivity index (χ0n) is 10.2. The van der Waals surface area contributed by atoms with Gasteiger partial charge in [-0.3, -0.25) is 10.1 Å². The Morgan fingerprint density at radius 3 is 2.53 bits per heavy atom. The number of anilines is 1. The van der Waals surface area contributed by atoms with Gasteiger partial charge in [0.15, 0.2) is 10.2 Å². The largest absolute Gasteiger partial charge is 0.357 e. The second-order valence-corrected chi connectivity index (χ2v) is 4.49. The van der Waals surface area contributed by atoms with Crippen LogP contribution in [0.3, 0.4) is 0 Å². The third-order valence-electron chi connectivity index (χ3n) is 2.10. The highest BCUT2D eigenvalue weighted by Gasteiger charge is 2.19. The van der Waals surface area contributed by atoms with Gasteiger partial charge in [-0.05, 0) is 24.2 Å². The van der Waals surface area contributed by atoms with E-state index in [4.69, 9.17) is 0 Å². The van der Waals surface area contributed by atoms with Crippen LogP contribution >= 0.6 is 11.8 Å². The molecule has 0 aromatic carbocycles. The van der Waals surface area contributed by atoms with Gasteiger partial charge in [-0.1, -0.05) is 0 Å². The maximum Gasteiger partial charge on any atom is 0.320 e. The zero-order valence-corrected chi connectivity index (χ0v) is 11.0. The highest BCUT2D eigenvalue weighted by Crippen LogP contribution is 2.30. The molecule has 0 saturated heterocycles. The normalized spacial score (nSPS) is 10.2. The molecule has 0 amide bonds. The van der Waals surface area contributed by atoms with Crippen LogP contribution in [0.1, 0.15) is 5.56 Å². The molecule has 2 heterocycles. The molecule has 0 aliphatic rings. The quantitative estimate of drug-likeness (QED) is 0.389. The van der Waals surface area contributed by atoms with Gasteiger partial charge >= 0.3 is 5.69 Å². The lowest BCUT2D eigenvalue weighted by Gasteiger charge is -2.03. The van der Waals surface area contributed by atoms with Crippen LogP contribution in [-0.2, 0) is 0 Å². The van der Waals surface area contributed by atoms with Crippen molar-refractivity contribution in [3.8, 4) is 0 Å². The summed E-state index contributed by atoms with van der Waals surface area (Å²) in [5.74, 6) is 0.306. The highest BCUT2D eigenvalue weighted by atomic mass is 32.2. The maximum atomic E-state index is 10.9. The SMILES string of the molecule is CNc1ncc([N+](=O)[O-])c(Sc2ncc(C)cn2)n1. The van der Waals surface area contributed by atoms with Crippen molar-refractivity contribution >= 4 is 23.4 Å². The van der Waals surface area contributed by atoms with E-state index in [1.54, 1.807) is 19.4 Å². The molecule has 0 aliphatic heterocycles. The predicted octanol–water partition coefficient (Wildman–Crippen LogP) is 1.68. The number of hydrogen-bond donors (Lipinski definition) is 1.